The Morgan fingerprint density at radius 2 is 1.82 bits per heavy atom. The van der Waals surface area contributed by atoms with Gasteiger partial charge in [0.05, 0.1) is 20.1 Å². The van der Waals surface area contributed by atoms with E-state index in [1.165, 1.54) is 30.8 Å². The van der Waals surface area contributed by atoms with Crippen molar-refractivity contribution in [1.29, 1.82) is 0 Å². The summed E-state index contributed by atoms with van der Waals surface area (Å²) in [6.07, 6.45) is 6.84. The van der Waals surface area contributed by atoms with Gasteiger partial charge >= 0.3 is 0 Å². The predicted molar refractivity (Wildman–Crippen MR) is 67.4 cm³/mol. The predicted octanol–water partition coefficient (Wildman–Crippen LogP) is -2.67. The normalized spacial score (nSPS) is 25.7. The van der Waals surface area contributed by atoms with Crippen LogP contribution in [0.1, 0.15) is 25.7 Å². The van der Waals surface area contributed by atoms with E-state index < -0.39 is 0 Å². The van der Waals surface area contributed by atoms with Crippen LogP contribution in [0.3, 0.4) is 0 Å². The molecule has 1 fully saturated rings. The number of hydrazone groups is 1. The second-order valence-corrected chi connectivity index (χ2v) is 5.37. The van der Waals surface area contributed by atoms with Gasteiger partial charge in [-0.15, -0.1) is 0 Å². The van der Waals surface area contributed by atoms with E-state index in [1.54, 1.807) is 7.05 Å². The summed E-state index contributed by atoms with van der Waals surface area (Å²) >= 11 is 0. The number of hydrogen-bond donors (Lipinski definition) is 2. The van der Waals surface area contributed by atoms with Crippen LogP contribution >= 0.6 is 0 Å². The van der Waals surface area contributed by atoms with Crippen molar-refractivity contribution in [2.75, 3.05) is 27.8 Å². The first-order valence-corrected chi connectivity index (χ1v) is 6.01. The largest absolute Gasteiger partial charge is 1.00 e. The highest BCUT2D eigenvalue weighted by molar-refractivity contribution is 5.60. The van der Waals surface area contributed by atoms with Crippen molar-refractivity contribution in [2.45, 2.75) is 31.7 Å². The van der Waals surface area contributed by atoms with E-state index >= 15 is 0 Å². The molecule has 1 rings (SSSR count). The fraction of sp³-hybridized carbons (Fsp3) is 0.909. The Bertz CT molecular complexity index is 234. The summed E-state index contributed by atoms with van der Waals surface area (Å²) in [4.78, 5) is 0. The Balaban J connectivity index is 0.00000256. The zero-order valence-corrected chi connectivity index (χ0v) is 11.9. The molecule has 0 saturated heterocycles. The number of rotatable bonds is 4. The molecule has 1 aliphatic carbocycles. The average Bonchev–Trinajstić information content (AvgIpc) is 2.27. The molecule has 0 atom stereocenters. The lowest BCUT2D eigenvalue weighted by Crippen LogP contribution is -3.00. The Hall–Kier alpha value is -0.360. The zero-order chi connectivity index (χ0) is 12.2. The quantitative estimate of drug-likeness (QED) is 0.191. The second kappa shape index (κ2) is 7.16. The molecule has 1 aliphatic rings. The summed E-state index contributed by atoms with van der Waals surface area (Å²) < 4.78 is 0.931. The van der Waals surface area contributed by atoms with Gasteiger partial charge in [-0.05, 0) is 18.8 Å². The Labute approximate surface area is 111 Å². The molecule has 0 aliphatic heterocycles. The van der Waals surface area contributed by atoms with Gasteiger partial charge in [0.15, 0.2) is 0 Å². The summed E-state index contributed by atoms with van der Waals surface area (Å²) in [5.74, 6) is 6.03. The van der Waals surface area contributed by atoms with Gasteiger partial charge in [0.25, 0.3) is 0 Å². The van der Waals surface area contributed by atoms with Crippen LogP contribution in [0.4, 0.5) is 0 Å². The highest BCUT2D eigenvalue weighted by Crippen LogP contribution is 2.28. The van der Waals surface area contributed by atoms with Gasteiger partial charge in [0.1, 0.15) is 6.67 Å². The number of nitrogens with zero attached hydrogens (tertiary/aromatic N) is 3. The standard InChI is InChI=1S/C11H26N5.ClH/c1-15(13)14-8-10-4-6-11(7-5-10)16(2,3)9-12;/h8,10-11H,4-7,9,12-13H2,1-3H3;1H/q+1;/p-1/t10-,11-;. The smallest absolute Gasteiger partial charge is 0.129 e. The van der Waals surface area contributed by atoms with Gasteiger partial charge in [0.2, 0.25) is 0 Å². The van der Waals surface area contributed by atoms with Crippen LogP contribution in [0, 0.1) is 5.92 Å². The minimum absolute atomic E-state index is 0. The number of hydrogen-bond acceptors (Lipinski definition) is 4. The Morgan fingerprint density at radius 1 is 1.29 bits per heavy atom. The molecular weight excluding hydrogens is 238 g/mol. The summed E-state index contributed by atoms with van der Waals surface area (Å²) in [5.41, 5.74) is 5.79. The summed E-state index contributed by atoms with van der Waals surface area (Å²) in [6.45, 7) is 0.717. The van der Waals surface area contributed by atoms with Crippen LogP contribution in [0.5, 0.6) is 0 Å². The van der Waals surface area contributed by atoms with Crippen molar-refractivity contribution < 1.29 is 16.9 Å². The number of hydrazine groups is 1. The van der Waals surface area contributed by atoms with E-state index in [0.29, 0.717) is 12.0 Å². The van der Waals surface area contributed by atoms with Crippen molar-refractivity contribution in [1.82, 2.24) is 5.12 Å². The molecule has 0 spiro atoms. The minimum Gasteiger partial charge on any atom is -1.00 e. The molecule has 0 bridgehead atoms. The fourth-order valence-electron chi connectivity index (χ4n) is 2.30. The van der Waals surface area contributed by atoms with E-state index in [9.17, 15) is 0 Å². The maximum atomic E-state index is 5.79. The summed E-state index contributed by atoms with van der Waals surface area (Å²) in [6, 6.07) is 0.699. The molecule has 4 N–H and O–H groups in total. The summed E-state index contributed by atoms with van der Waals surface area (Å²) in [5, 5.41) is 5.48. The molecule has 0 aromatic heterocycles. The van der Waals surface area contributed by atoms with Gasteiger partial charge < -0.3 is 16.9 Å². The third kappa shape index (κ3) is 5.21. The third-order valence-electron chi connectivity index (χ3n) is 3.66. The Morgan fingerprint density at radius 3 is 2.24 bits per heavy atom. The van der Waals surface area contributed by atoms with E-state index in [1.807, 2.05) is 6.21 Å². The number of nitrogens with two attached hydrogens (primary N) is 2. The van der Waals surface area contributed by atoms with Crippen molar-refractivity contribution in [2.24, 2.45) is 22.6 Å². The highest BCUT2D eigenvalue weighted by atomic mass is 35.5. The first kappa shape index (κ1) is 16.6. The first-order valence-electron chi connectivity index (χ1n) is 6.01. The summed E-state index contributed by atoms with van der Waals surface area (Å²) in [7, 11) is 6.18. The van der Waals surface area contributed by atoms with Crippen molar-refractivity contribution in [3.8, 4) is 0 Å². The highest BCUT2D eigenvalue weighted by Gasteiger charge is 2.31. The second-order valence-electron chi connectivity index (χ2n) is 5.37. The van der Waals surface area contributed by atoms with Gasteiger partial charge in [-0.1, -0.05) is 0 Å². The van der Waals surface area contributed by atoms with Crippen molar-refractivity contribution >= 4 is 6.21 Å². The minimum atomic E-state index is 0. The average molecular weight is 264 g/mol. The third-order valence-corrected chi connectivity index (χ3v) is 3.66. The lowest BCUT2D eigenvalue weighted by molar-refractivity contribution is -0.916. The molecule has 0 aromatic carbocycles. The van der Waals surface area contributed by atoms with E-state index in [4.69, 9.17) is 11.6 Å². The molecule has 102 valence electrons. The zero-order valence-electron chi connectivity index (χ0n) is 11.1. The van der Waals surface area contributed by atoms with E-state index in [0.717, 1.165) is 11.2 Å². The van der Waals surface area contributed by atoms with Crippen LogP contribution in [-0.2, 0) is 0 Å². The molecule has 5 nitrogen and oxygen atoms in total. The monoisotopic (exact) mass is 263 g/mol. The Kier molecular flexibility index (Phi) is 7.01. The van der Waals surface area contributed by atoms with Crippen molar-refractivity contribution in [3.63, 3.8) is 0 Å². The molecule has 1 saturated carbocycles. The van der Waals surface area contributed by atoms with Gasteiger partial charge in [-0.3, -0.25) is 5.73 Å². The molecule has 0 amide bonds. The number of quaternary nitrogens is 1. The van der Waals surface area contributed by atoms with E-state index in [-0.39, 0.29) is 12.4 Å². The van der Waals surface area contributed by atoms with Crippen LogP contribution in [0.25, 0.3) is 0 Å². The first-order chi connectivity index (χ1) is 7.45. The lowest BCUT2D eigenvalue weighted by Gasteiger charge is -2.40. The molecule has 0 heterocycles. The lowest BCUT2D eigenvalue weighted by atomic mass is 9.85. The topological polar surface area (TPSA) is 67.6 Å². The SMILES string of the molecule is CN(N)N=C[C@H]1CC[C@H]([N+](C)(C)CN)CC1.[Cl-]. The maximum Gasteiger partial charge on any atom is 0.129 e. The molecule has 0 radical (unpaired) electrons. The number of halogens is 1. The molecule has 6 heteroatoms. The van der Waals surface area contributed by atoms with Crippen LogP contribution in [-0.4, -0.2) is 49.7 Å². The molecular formula is C11H26ClN5. The molecule has 17 heavy (non-hydrogen) atoms. The van der Waals surface area contributed by atoms with Crippen LogP contribution in [0.15, 0.2) is 5.10 Å². The fourth-order valence-corrected chi connectivity index (χ4v) is 2.30. The van der Waals surface area contributed by atoms with Gasteiger partial charge in [-0.2, -0.15) is 5.10 Å². The van der Waals surface area contributed by atoms with Crippen LogP contribution in [0.2, 0.25) is 0 Å². The van der Waals surface area contributed by atoms with E-state index in [2.05, 4.69) is 19.2 Å². The van der Waals surface area contributed by atoms with Crippen LogP contribution < -0.4 is 24.0 Å². The van der Waals surface area contributed by atoms with Gasteiger partial charge in [-0.25, -0.2) is 11.0 Å². The van der Waals surface area contributed by atoms with Crippen molar-refractivity contribution in [3.05, 3.63) is 0 Å². The maximum absolute atomic E-state index is 5.79. The molecule has 0 aromatic rings. The molecule has 0 unspecified atom stereocenters. The van der Waals surface area contributed by atoms with Gasteiger partial charge in [0, 0.05) is 26.1 Å².